The summed E-state index contributed by atoms with van der Waals surface area (Å²) in [5.41, 5.74) is 2.38. The summed E-state index contributed by atoms with van der Waals surface area (Å²) in [5, 5.41) is 12.1. The number of carbonyl (C=O) groups is 2. The minimum absolute atomic E-state index is 0.0661. The van der Waals surface area contributed by atoms with Gasteiger partial charge in [-0.05, 0) is 29.9 Å². The Hall–Kier alpha value is -2.04. The van der Waals surface area contributed by atoms with Crippen LogP contribution < -0.4 is 5.32 Å². The van der Waals surface area contributed by atoms with Crippen molar-refractivity contribution in [3.05, 3.63) is 35.4 Å². The first-order valence-electron chi connectivity index (χ1n) is 7.47. The van der Waals surface area contributed by atoms with Crippen LogP contribution in [0.5, 0.6) is 0 Å². The van der Waals surface area contributed by atoms with E-state index in [1.807, 2.05) is 24.3 Å². The van der Waals surface area contributed by atoms with Crippen molar-refractivity contribution in [3.8, 4) is 0 Å². The Morgan fingerprint density at radius 3 is 2.48 bits per heavy atom. The maximum atomic E-state index is 12.2. The highest BCUT2D eigenvalue weighted by Gasteiger charge is 2.33. The molecule has 5 nitrogen and oxygen atoms in total. The topological polar surface area (TPSA) is 69.6 Å². The van der Waals surface area contributed by atoms with Crippen molar-refractivity contribution in [2.75, 3.05) is 6.54 Å². The number of rotatable bonds is 3. The lowest BCUT2D eigenvalue weighted by atomic mass is 9.96. The predicted octanol–water partition coefficient (Wildman–Crippen LogP) is 2.21. The second kappa shape index (κ2) is 5.76. The highest BCUT2D eigenvalue weighted by Crippen LogP contribution is 2.31. The summed E-state index contributed by atoms with van der Waals surface area (Å²) in [4.78, 5) is 25.1. The standard InChI is InChI=1S/C16H20N2O3/c19-15(20)14-7-3-6-11(14)8-17-16(21)18-9-12-4-1-2-5-13(12)10-18/h1-2,4-5,11,14H,3,6-10H2,(H,17,21)(H,19,20). The molecule has 2 aliphatic rings. The van der Waals surface area contributed by atoms with Gasteiger partial charge < -0.3 is 15.3 Å². The molecule has 1 saturated carbocycles. The largest absolute Gasteiger partial charge is 0.481 e. The van der Waals surface area contributed by atoms with E-state index >= 15 is 0 Å². The van der Waals surface area contributed by atoms with E-state index in [0.717, 1.165) is 19.3 Å². The summed E-state index contributed by atoms with van der Waals surface area (Å²) in [5.74, 6) is -0.974. The second-order valence-electron chi connectivity index (χ2n) is 5.95. The Labute approximate surface area is 123 Å². The predicted molar refractivity (Wildman–Crippen MR) is 77.6 cm³/mol. The van der Waals surface area contributed by atoms with Crippen LogP contribution in [0.4, 0.5) is 4.79 Å². The van der Waals surface area contributed by atoms with Gasteiger partial charge in [0.25, 0.3) is 0 Å². The van der Waals surface area contributed by atoms with E-state index in [9.17, 15) is 9.59 Å². The van der Waals surface area contributed by atoms with E-state index in [2.05, 4.69) is 5.32 Å². The van der Waals surface area contributed by atoms with E-state index in [1.165, 1.54) is 11.1 Å². The van der Waals surface area contributed by atoms with Crippen LogP contribution in [0.2, 0.25) is 0 Å². The second-order valence-corrected chi connectivity index (χ2v) is 5.95. The number of carbonyl (C=O) groups excluding carboxylic acids is 1. The Bertz CT molecular complexity index is 533. The van der Waals surface area contributed by atoms with Crippen LogP contribution >= 0.6 is 0 Å². The fraction of sp³-hybridized carbons (Fsp3) is 0.500. The maximum Gasteiger partial charge on any atom is 0.318 e. The lowest BCUT2D eigenvalue weighted by Crippen LogP contribution is -2.40. The molecule has 1 aliphatic carbocycles. The van der Waals surface area contributed by atoms with Gasteiger partial charge in [0.2, 0.25) is 0 Å². The van der Waals surface area contributed by atoms with Crippen LogP contribution in [0, 0.1) is 11.8 Å². The summed E-state index contributed by atoms with van der Waals surface area (Å²) in [6.07, 6.45) is 2.55. The van der Waals surface area contributed by atoms with E-state index in [4.69, 9.17) is 5.11 Å². The Kier molecular flexibility index (Phi) is 3.82. The minimum Gasteiger partial charge on any atom is -0.481 e. The summed E-state index contributed by atoms with van der Waals surface area (Å²) in [7, 11) is 0. The third-order valence-corrected chi connectivity index (χ3v) is 4.62. The molecule has 2 atom stereocenters. The summed E-state index contributed by atoms with van der Waals surface area (Å²) >= 11 is 0. The summed E-state index contributed by atoms with van der Waals surface area (Å²) in [6, 6.07) is 7.95. The first-order valence-corrected chi connectivity index (χ1v) is 7.47. The number of aliphatic carboxylic acids is 1. The fourth-order valence-corrected chi connectivity index (χ4v) is 3.41. The molecule has 112 valence electrons. The molecule has 5 heteroatoms. The van der Waals surface area contributed by atoms with Crippen molar-refractivity contribution < 1.29 is 14.7 Å². The van der Waals surface area contributed by atoms with Gasteiger partial charge in [0.1, 0.15) is 0 Å². The van der Waals surface area contributed by atoms with Gasteiger partial charge in [-0.15, -0.1) is 0 Å². The van der Waals surface area contributed by atoms with Crippen LogP contribution in [-0.2, 0) is 17.9 Å². The molecule has 2 unspecified atom stereocenters. The average molecular weight is 288 g/mol. The highest BCUT2D eigenvalue weighted by molar-refractivity contribution is 5.75. The maximum absolute atomic E-state index is 12.2. The number of amides is 2. The van der Waals surface area contributed by atoms with Gasteiger partial charge in [-0.1, -0.05) is 30.7 Å². The van der Waals surface area contributed by atoms with Crippen molar-refractivity contribution in [3.63, 3.8) is 0 Å². The molecule has 1 heterocycles. The number of carboxylic acid groups (broad SMARTS) is 1. The van der Waals surface area contributed by atoms with Gasteiger partial charge in [0.15, 0.2) is 0 Å². The minimum atomic E-state index is -0.736. The van der Waals surface area contributed by atoms with Crippen molar-refractivity contribution >= 4 is 12.0 Å². The van der Waals surface area contributed by atoms with Crippen LogP contribution in [0.25, 0.3) is 0 Å². The SMILES string of the molecule is O=C(O)C1CCCC1CNC(=O)N1Cc2ccccc2C1. The molecule has 21 heavy (non-hydrogen) atoms. The van der Waals surface area contributed by atoms with Crippen molar-refractivity contribution in [2.45, 2.75) is 32.4 Å². The van der Waals surface area contributed by atoms with Gasteiger partial charge in [-0.3, -0.25) is 4.79 Å². The molecule has 0 saturated heterocycles. The van der Waals surface area contributed by atoms with E-state index in [1.54, 1.807) is 4.90 Å². The quantitative estimate of drug-likeness (QED) is 0.896. The number of hydrogen-bond acceptors (Lipinski definition) is 2. The Morgan fingerprint density at radius 2 is 1.86 bits per heavy atom. The van der Waals surface area contributed by atoms with Gasteiger partial charge >= 0.3 is 12.0 Å². The van der Waals surface area contributed by atoms with Gasteiger partial charge in [0, 0.05) is 19.6 Å². The van der Waals surface area contributed by atoms with Crippen LogP contribution in [0.3, 0.4) is 0 Å². The molecule has 0 spiro atoms. The number of fused-ring (bicyclic) bond motifs is 1. The molecular formula is C16H20N2O3. The molecule has 1 aliphatic heterocycles. The van der Waals surface area contributed by atoms with Crippen LogP contribution in [0.1, 0.15) is 30.4 Å². The number of nitrogens with zero attached hydrogens (tertiary/aromatic N) is 1. The molecule has 3 rings (SSSR count). The Morgan fingerprint density at radius 1 is 1.19 bits per heavy atom. The monoisotopic (exact) mass is 288 g/mol. The molecule has 1 aromatic carbocycles. The summed E-state index contributed by atoms with van der Waals surface area (Å²) in [6.45, 7) is 1.73. The number of nitrogens with one attached hydrogen (secondary N) is 1. The zero-order valence-electron chi connectivity index (χ0n) is 11.9. The first kappa shape index (κ1) is 13.9. The Balaban J connectivity index is 1.53. The molecule has 0 radical (unpaired) electrons. The molecule has 1 fully saturated rings. The number of hydrogen-bond donors (Lipinski definition) is 2. The summed E-state index contributed by atoms with van der Waals surface area (Å²) < 4.78 is 0. The lowest BCUT2D eigenvalue weighted by Gasteiger charge is -2.20. The van der Waals surface area contributed by atoms with Gasteiger partial charge in [-0.25, -0.2) is 4.79 Å². The molecule has 2 amide bonds. The molecular weight excluding hydrogens is 268 g/mol. The first-order chi connectivity index (χ1) is 10.1. The fourth-order valence-electron chi connectivity index (χ4n) is 3.41. The highest BCUT2D eigenvalue weighted by atomic mass is 16.4. The van der Waals surface area contributed by atoms with Gasteiger partial charge in [-0.2, -0.15) is 0 Å². The number of benzene rings is 1. The average Bonchev–Trinajstić information content (AvgIpc) is 3.10. The lowest BCUT2D eigenvalue weighted by molar-refractivity contribution is -0.142. The van der Waals surface area contributed by atoms with Crippen molar-refractivity contribution in [1.82, 2.24) is 10.2 Å². The molecule has 2 N–H and O–H groups in total. The van der Waals surface area contributed by atoms with Crippen molar-refractivity contribution in [2.24, 2.45) is 11.8 Å². The third-order valence-electron chi connectivity index (χ3n) is 4.62. The van der Waals surface area contributed by atoms with Crippen molar-refractivity contribution in [1.29, 1.82) is 0 Å². The molecule has 1 aromatic rings. The zero-order chi connectivity index (χ0) is 14.8. The van der Waals surface area contributed by atoms with E-state index in [0.29, 0.717) is 19.6 Å². The molecule has 0 bridgehead atoms. The zero-order valence-corrected chi connectivity index (χ0v) is 11.9. The van der Waals surface area contributed by atoms with Crippen LogP contribution in [-0.4, -0.2) is 28.6 Å². The van der Waals surface area contributed by atoms with E-state index in [-0.39, 0.29) is 17.9 Å². The smallest absolute Gasteiger partial charge is 0.318 e. The van der Waals surface area contributed by atoms with Crippen LogP contribution in [0.15, 0.2) is 24.3 Å². The number of carboxylic acids is 1. The molecule has 0 aromatic heterocycles. The third kappa shape index (κ3) is 2.86. The van der Waals surface area contributed by atoms with Gasteiger partial charge in [0.05, 0.1) is 5.92 Å². The normalized spacial score (nSPS) is 23.9. The van der Waals surface area contributed by atoms with E-state index < -0.39 is 5.97 Å². The number of urea groups is 1.